The number of sulfonamides is 2. The lowest BCUT2D eigenvalue weighted by Crippen LogP contribution is -2.31. The number of nitrogens with two attached hydrogens (primary N) is 1. The number of aliphatic hydroxyl groups excluding tert-OH is 1. The van der Waals surface area contributed by atoms with Crippen LogP contribution in [0.3, 0.4) is 0 Å². The molecular formula is C11H13ClN2O5S2. The molecule has 0 amide bonds. The first-order valence-corrected chi connectivity index (χ1v) is 9.13. The van der Waals surface area contributed by atoms with Gasteiger partial charge in [0.25, 0.3) is 0 Å². The number of benzene rings is 1. The predicted molar refractivity (Wildman–Crippen MR) is 78.6 cm³/mol. The number of nitrogens with one attached hydrogen (secondary N) is 1. The molecule has 0 heterocycles. The second-order valence-electron chi connectivity index (χ2n) is 3.87. The van der Waals surface area contributed by atoms with E-state index in [0.29, 0.717) is 5.56 Å². The topological polar surface area (TPSA) is 127 Å². The maximum absolute atomic E-state index is 12.0. The standard InChI is InChI=1S/C11H13ClN2O5S2/c12-10-8-9(2-1-6-15)3-4-11(10)21(18,19)14-5-7-20(13,16)17/h3-4,8,14-15H,5-7H2,(H2,13,16,17). The van der Waals surface area contributed by atoms with E-state index in [1.54, 1.807) is 0 Å². The predicted octanol–water partition coefficient (Wildman–Crippen LogP) is -0.749. The highest BCUT2D eigenvalue weighted by molar-refractivity contribution is 7.90. The van der Waals surface area contributed by atoms with E-state index < -0.39 is 25.8 Å². The van der Waals surface area contributed by atoms with Gasteiger partial charge in [0.1, 0.15) is 11.5 Å². The first-order valence-electron chi connectivity index (χ1n) is 5.55. The van der Waals surface area contributed by atoms with Gasteiger partial charge >= 0.3 is 0 Å². The Labute approximate surface area is 128 Å². The van der Waals surface area contributed by atoms with Crippen LogP contribution in [0.1, 0.15) is 5.56 Å². The molecule has 21 heavy (non-hydrogen) atoms. The highest BCUT2D eigenvalue weighted by Gasteiger charge is 2.18. The molecule has 4 N–H and O–H groups in total. The summed E-state index contributed by atoms with van der Waals surface area (Å²) < 4.78 is 47.5. The van der Waals surface area contributed by atoms with Crippen molar-refractivity contribution in [3.05, 3.63) is 28.8 Å². The molecule has 0 aliphatic heterocycles. The average molecular weight is 353 g/mol. The molecule has 1 aromatic carbocycles. The van der Waals surface area contributed by atoms with Gasteiger partial charge in [-0.1, -0.05) is 23.4 Å². The second-order valence-corrected chi connectivity index (χ2v) is 7.75. The first-order chi connectivity index (χ1) is 9.65. The molecule has 0 aliphatic carbocycles. The van der Waals surface area contributed by atoms with Crippen molar-refractivity contribution in [2.75, 3.05) is 18.9 Å². The molecule has 0 bridgehead atoms. The highest BCUT2D eigenvalue weighted by Crippen LogP contribution is 2.22. The largest absolute Gasteiger partial charge is 0.384 e. The lowest BCUT2D eigenvalue weighted by molar-refractivity contribution is 0.350. The van der Waals surface area contributed by atoms with Crippen LogP contribution in [0.15, 0.2) is 23.1 Å². The van der Waals surface area contributed by atoms with Crippen LogP contribution < -0.4 is 9.86 Å². The van der Waals surface area contributed by atoms with Crippen LogP contribution in [0.5, 0.6) is 0 Å². The molecule has 0 unspecified atom stereocenters. The fourth-order valence-electron chi connectivity index (χ4n) is 1.33. The minimum Gasteiger partial charge on any atom is -0.384 e. The quantitative estimate of drug-likeness (QED) is 0.601. The minimum absolute atomic E-state index is 0.0668. The maximum atomic E-state index is 12.0. The Morgan fingerprint density at radius 1 is 1.29 bits per heavy atom. The lowest BCUT2D eigenvalue weighted by atomic mass is 10.2. The average Bonchev–Trinajstić information content (AvgIpc) is 2.34. The van der Waals surface area contributed by atoms with E-state index in [4.69, 9.17) is 21.8 Å². The van der Waals surface area contributed by atoms with Crippen LogP contribution in [-0.2, 0) is 20.0 Å². The molecule has 0 spiro atoms. The van der Waals surface area contributed by atoms with Crippen LogP contribution >= 0.6 is 11.6 Å². The molecule has 0 aliphatic rings. The summed E-state index contributed by atoms with van der Waals surface area (Å²) in [4.78, 5) is -0.201. The van der Waals surface area contributed by atoms with Crippen molar-refractivity contribution in [1.82, 2.24) is 4.72 Å². The summed E-state index contributed by atoms with van der Waals surface area (Å²) in [5.41, 5.74) is 0.442. The number of halogens is 1. The summed E-state index contributed by atoms with van der Waals surface area (Å²) in [6, 6.07) is 3.99. The van der Waals surface area contributed by atoms with Crippen molar-refractivity contribution in [1.29, 1.82) is 0 Å². The van der Waals surface area contributed by atoms with E-state index in [0.717, 1.165) is 0 Å². The lowest BCUT2D eigenvalue weighted by Gasteiger charge is -2.08. The zero-order valence-corrected chi connectivity index (χ0v) is 13.1. The molecule has 7 nitrogen and oxygen atoms in total. The van der Waals surface area contributed by atoms with Crippen molar-refractivity contribution >= 4 is 31.6 Å². The van der Waals surface area contributed by atoms with E-state index in [9.17, 15) is 16.8 Å². The molecule has 0 radical (unpaired) electrons. The smallest absolute Gasteiger partial charge is 0.242 e. The Hall–Kier alpha value is -1.15. The van der Waals surface area contributed by atoms with Crippen molar-refractivity contribution in [2.45, 2.75) is 4.90 Å². The van der Waals surface area contributed by atoms with Gasteiger partial charge in [-0.05, 0) is 18.2 Å². The highest BCUT2D eigenvalue weighted by atomic mass is 35.5. The van der Waals surface area contributed by atoms with Crippen molar-refractivity contribution < 1.29 is 21.9 Å². The van der Waals surface area contributed by atoms with Gasteiger partial charge in [-0.15, -0.1) is 0 Å². The Morgan fingerprint density at radius 3 is 2.48 bits per heavy atom. The first kappa shape index (κ1) is 17.9. The van der Waals surface area contributed by atoms with Crippen LogP contribution in [0.2, 0.25) is 5.02 Å². The molecule has 10 heteroatoms. The number of rotatable bonds is 5. The minimum atomic E-state index is -3.95. The zero-order chi connectivity index (χ0) is 16.1. The fraction of sp³-hybridized carbons (Fsp3) is 0.273. The molecule has 1 rings (SSSR count). The van der Waals surface area contributed by atoms with Crippen molar-refractivity contribution in [3.8, 4) is 11.8 Å². The summed E-state index contributed by atoms with van der Waals surface area (Å²) in [5, 5.41) is 13.3. The van der Waals surface area contributed by atoms with Gasteiger partial charge in [0.15, 0.2) is 0 Å². The maximum Gasteiger partial charge on any atom is 0.242 e. The number of aliphatic hydroxyl groups is 1. The van der Waals surface area contributed by atoms with Gasteiger partial charge < -0.3 is 5.11 Å². The molecule has 0 saturated carbocycles. The van der Waals surface area contributed by atoms with E-state index in [1.807, 2.05) is 0 Å². The fourth-order valence-corrected chi connectivity index (χ4v) is 3.42. The Balaban J connectivity index is 2.94. The second kappa shape index (κ2) is 7.22. The van der Waals surface area contributed by atoms with Crippen LogP contribution in [0.4, 0.5) is 0 Å². The molecule has 0 saturated heterocycles. The van der Waals surface area contributed by atoms with E-state index >= 15 is 0 Å². The Kier molecular flexibility index (Phi) is 6.15. The third-order valence-corrected chi connectivity index (χ3v) is 4.93. The molecule has 116 valence electrons. The monoisotopic (exact) mass is 352 g/mol. The summed E-state index contributed by atoms with van der Waals surface area (Å²) in [5.74, 6) is 4.46. The third kappa shape index (κ3) is 6.01. The third-order valence-electron chi connectivity index (χ3n) is 2.21. The molecule has 0 fully saturated rings. The van der Waals surface area contributed by atoms with Gasteiger partial charge in [-0.3, -0.25) is 0 Å². The number of hydrogen-bond donors (Lipinski definition) is 3. The molecular weight excluding hydrogens is 340 g/mol. The van der Waals surface area contributed by atoms with E-state index in [-0.39, 0.29) is 23.1 Å². The van der Waals surface area contributed by atoms with Crippen molar-refractivity contribution in [2.24, 2.45) is 5.14 Å². The van der Waals surface area contributed by atoms with Gasteiger partial charge in [-0.2, -0.15) is 0 Å². The van der Waals surface area contributed by atoms with Gasteiger partial charge in [0.2, 0.25) is 20.0 Å². The van der Waals surface area contributed by atoms with Gasteiger partial charge in [0.05, 0.1) is 10.8 Å². The number of primary sulfonamides is 1. The Morgan fingerprint density at radius 2 is 1.95 bits per heavy atom. The van der Waals surface area contributed by atoms with E-state index in [1.165, 1.54) is 18.2 Å². The SMILES string of the molecule is NS(=O)(=O)CCNS(=O)(=O)c1ccc(C#CCO)cc1Cl. The molecule has 0 atom stereocenters. The van der Waals surface area contributed by atoms with Crippen LogP contribution in [-0.4, -0.2) is 40.8 Å². The Bertz CT molecular complexity index is 779. The summed E-state index contributed by atoms with van der Waals surface area (Å²) in [6.45, 7) is -0.684. The van der Waals surface area contributed by atoms with Gasteiger partial charge in [0, 0.05) is 12.1 Å². The van der Waals surface area contributed by atoms with Crippen LogP contribution in [0.25, 0.3) is 0 Å². The summed E-state index contributed by atoms with van der Waals surface area (Å²) in [6.07, 6.45) is 0. The summed E-state index contributed by atoms with van der Waals surface area (Å²) in [7, 11) is -7.71. The van der Waals surface area contributed by atoms with Crippen LogP contribution in [0, 0.1) is 11.8 Å². The molecule has 0 aromatic heterocycles. The normalized spacial score (nSPS) is 11.8. The number of hydrogen-bond acceptors (Lipinski definition) is 5. The molecule has 1 aromatic rings. The van der Waals surface area contributed by atoms with Crippen molar-refractivity contribution in [3.63, 3.8) is 0 Å². The zero-order valence-electron chi connectivity index (χ0n) is 10.7. The van der Waals surface area contributed by atoms with E-state index in [2.05, 4.69) is 16.6 Å². The summed E-state index contributed by atoms with van der Waals surface area (Å²) >= 11 is 5.87. The van der Waals surface area contributed by atoms with Gasteiger partial charge in [-0.25, -0.2) is 26.7 Å².